The number of hydrogen-bond acceptors (Lipinski definition) is 7. The van der Waals surface area contributed by atoms with Gasteiger partial charge in [0.25, 0.3) is 0 Å². The standard InChI is InChI=1S/C24H12Cl2N4S3/c25-13-1-5-17(27-11-13)21-9-7-19(31-21)15-3-4-16(24-23(15)29-33-30-24)20-8-10-22(32-20)18-6-2-14(26)12-28-18/h1-12H. The first-order valence-corrected chi connectivity index (χ1v) is 13.0. The van der Waals surface area contributed by atoms with Crippen molar-refractivity contribution in [2.75, 3.05) is 0 Å². The van der Waals surface area contributed by atoms with Crippen LogP contribution in [0.3, 0.4) is 0 Å². The van der Waals surface area contributed by atoms with Gasteiger partial charge in [-0.25, -0.2) is 0 Å². The van der Waals surface area contributed by atoms with Crippen molar-refractivity contribution in [3.8, 4) is 42.0 Å². The molecule has 0 aliphatic carbocycles. The number of fused-ring (bicyclic) bond motifs is 1. The Kier molecular flexibility index (Phi) is 5.44. The molecule has 5 heterocycles. The quantitative estimate of drug-likeness (QED) is 0.232. The predicted molar refractivity (Wildman–Crippen MR) is 141 cm³/mol. The number of rotatable bonds is 4. The third-order valence-electron chi connectivity index (χ3n) is 5.12. The molecule has 5 aromatic heterocycles. The van der Waals surface area contributed by atoms with Crippen molar-refractivity contribution in [2.24, 2.45) is 0 Å². The van der Waals surface area contributed by atoms with Crippen LogP contribution in [-0.2, 0) is 0 Å². The van der Waals surface area contributed by atoms with Crippen LogP contribution in [-0.4, -0.2) is 18.7 Å². The number of aromatic nitrogens is 4. The van der Waals surface area contributed by atoms with Gasteiger partial charge in [-0.15, -0.1) is 22.7 Å². The highest BCUT2D eigenvalue weighted by molar-refractivity contribution is 7.19. The molecule has 0 atom stereocenters. The molecule has 0 radical (unpaired) electrons. The van der Waals surface area contributed by atoms with Crippen LogP contribution >= 0.6 is 57.6 Å². The molecule has 0 aliphatic rings. The van der Waals surface area contributed by atoms with Gasteiger partial charge in [-0.3, -0.25) is 9.97 Å². The minimum absolute atomic E-state index is 0.630. The van der Waals surface area contributed by atoms with Crippen LogP contribution in [0.4, 0.5) is 0 Å². The molecule has 4 nitrogen and oxygen atoms in total. The van der Waals surface area contributed by atoms with E-state index in [1.54, 1.807) is 35.1 Å². The van der Waals surface area contributed by atoms with E-state index in [4.69, 9.17) is 23.2 Å². The van der Waals surface area contributed by atoms with E-state index in [1.807, 2.05) is 24.3 Å². The van der Waals surface area contributed by atoms with Gasteiger partial charge in [0.05, 0.1) is 42.9 Å². The monoisotopic (exact) mass is 522 g/mol. The van der Waals surface area contributed by atoms with E-state index in [1.165, 1.54) is 11.7 Å². The van der Waals surface area contributed by atoms with Gasteiger partial charge < -0.3 is 0 Å². The zero-order valence-corrected chi connectivity index (χ0v) is 20.7. The van der Waals surface area contributed by atoms with Crippen molar-refractivity contribution >= 4 is 68.6 Å². The first-order chi connectivity index (χ1) is 16.2. The minimum Gasteiger partial charge on any atom is -0.254 e. The van der Waals surface area contributed by atoms with Crippen LogP contribution in [0.1, 0.15) is 0 Å². The van der Waals surface area contributed by atoms with Gasteiger partial charge in [0.1, 0.15) is 11.0 Å². The van der Waals surface area contributed by atoms with Crippen LogP contribution < -0.4 is 0 Å². The Morgan fingerprint density at radius 2 is 0.970 bits per heavy atom. The van der Waals surface area contributed by atoms with Gasteiger partial charge in [0.2, 0.25) is 0 Å². The summed E-state index contributed by atoms with van der Waals surface area (Å²) < 4.78 is 9.26. The van der Waals surface area contributed by atoms with Gasteiger partial charge in [0, 0.05) is 33.3 Å². The number of benzene rings is 1. The summed E-state index contributed by atoms with van der Waals surface area (Å²) in [5, 5.41) is 1.26. The molecule has 1 aromatic carbocycles. The molecule has 6 rings (SSSR count). The van der Waals surface area contributed by atoms with Crippen LogP contribution in [0.2, 0.25) is 10.0 Å². The van der Waals surface area contributed by atoms with E-state index in [0.717, 1.165) is 53.1 Å². The number of nitrogens with zero attached hydrogens (tertiary/aromatic N) is 4. The second-order valence-electron chi connectivity index (χ2n) is 7.17. The fourth-order valence-corrected chi connectivity index (χ4v) is 6.36. The van der Waals surface area contributed by atoms with Gasteiger partial charge in [-0.1, -0.05) is 35.3 Å². The molecule has 0 fully saturated rings. The summed E-state index contributed by atoms with van der Waals surface area (Å²) in [6.45, 7) is 0. The lowest BCUT2D eigenvalue weighted by Crippen LogP contribution is -1.82. The van der Waals surface area contributed by atoms with E-state index < -0.39 is 0 Å². The summed E-state index contributed by atoms with van der Waals surface area (Å²) in [6.07, 6.45) is 3.34. The molecule has 0 bridgehead atoms. The SMILES string of the molecule is Clc1ccc(-c2ccc(-c3ccc(-c4ccc(-c5ccc(Cl)cn5)s4)c4nsnc34)s2)nc1. The number of pyridine rings is 2. The van der Waals surface area contributed by atoms with Gasteiger partial charge in [-0.2, -0.15) is 8.75 Å². The highest BCUT2D eigenvalue weighted by Crippen LogP contribution is 2.42. The van der Waals surface area contributed by atoms with Gasteiger partial charge >= 0.3 is 0 Å². The van der Waals surface area contributed by atoms with Crippen molar-refractivity contribution < 1.29 is 0 Å². The van der Waals surface area contributed by atoms with E-state index in [-0.39, 0.29) is 0 Å². The summed E-state index contributed by atoms with van der Waals surface area (Å²) in [6, 6.07) is 20.2. The maximum atomic E-state index is 5.98. The van der Waals surface area contributed by atoms with E-state index in [0.29, 0.717) is 10.0 Å². The fourth-order valence-electron chi connectivity index (χ4n) is 3.55. The maximum Gasteiger partial charge on any atom is 0.114 e. The molecule has 9 heteroatoms. The Balaban J connectivity index is 1.38. The molecule has 0 aliphatic heterocycles. The van der Waals surface area contributed by atoms with Crippen molar-refractivity contribution in [3.63, 3.8) is 0 Å². The molecule has 0 saturated carbocycles. The average molecular weight is 523 g/mol. The lowest BCUT2D eigenvalue weighted by molar-refractivity contribution is 1.34. The summed E-state index contributed by atoms with van der Waals surface area (Å²) >= 11 is 16.6. The lowest BCUT2D eigenvalue weighted by Gasteiger charge is -2.04. The zero-order valence-electron chi connectivity index (χ0n) is 16.7. The molecular formula is C24H12Cl2N4S3. The molecular weight excluding hydrogens is 511 g/mol. The van der Waals surface area contributed by atoms with E-state index >= 15 is 0 Å². The molecule has 0 saturated heterocycles. The zero-order chi connectivity index (χ0) is 22.4. The summed E-state index contributed by atoms with van der Waals surface area (Å²) in [5.74, 6) is 0. The summed E-state index contributed by atoms with van der Waals surface area (Å²) in [5.41, 5.74) is 5.78. The number of hydrogen-bond donors (Lipinski definition) is 0. The Hall–Kier alpha value is -2.68. The Morgan fingerprint density at radius 3 is 1.39 bits per heavy atom. The summed E-state index contributed by atoms with van der Waals surface area (Å²) in [7, 11) is 0. The van der Waals surface area contributed by atoms with Gasteiger partial charge in [-0.05, 0) is 48.5 Å². The van der Waals surface area contributed by atoms with Crippen LogP contribution in [0.15, 0.2) is 73.1 Å². The average Bonchev–Trinajstić information content (AvgIpc) is 3.60. The van der Waals surface area contributed by atoms with Crippen LogP contribution in [0.5, 0.6) is 0 Å². The second kappa shape index (κ2) is 8.59. The molecule has 0 spiro atoms. The maximum absolute atomic E-state index is 5.98. The molecule has 160 valence electrons. The smallest absolute Gasteiger partial charge is 0.114 e. The van der Waals surface area contributed by atoms with Crippen LogP contribution in [0.25, 0.3) is 53.1 Å². The predicted octanol–water partition coefficient (Wildman–Crippen LogP) is 8.58. The molecule has 0 N–H and O–H groups in total. The van der Waals surface area contributed by atoms with Gasteiger partial charge in [0.15, 0.2) is 0 Å². The van der Waals surface area contributed by atoms with Crippen molar-refractivity contribution in [3.05, 3.63) is 83.1 Å². The lowest BCUT2D eigenvalue weighted by atomic mass is 10.1. The third kappa shape index (κ3) is 3.96. The second-order valence-corrected chi connectivity index (χ2v) is 10.7. The minimum atomic E-state index is 0.630. The number of halogens is 2. The normalized spacial score (nSPS) is 11.3. The van der Waals surface area contributed by atoms with E-state index in [2.05, 4.69) is 55.1 Å². The summed E-state index contributed by atoms with van der Waals surface area (Å²) in [4.78, 5) is 13.3. The first-order valence-electron chi connectivity index (χ1n) is 9.85. The van der Waals surface area contributed by atoms with Crippen molar-refractivity contribution in [2.45, 2.75) is 0 Å². The van der Waals surface area contributed by atoms with Crippen molar-refractivity contribution in [1.82, 2.24) is 18.7 Å². The molecule has 0 unspecified atom stereocenters. The van der Waals surface area contributed by atoms with Crippen molar-refractivity contribution in [1.29, 1.82) is 0 Å². The Bertz CT molecular complexity index is 1470. The molecule has 33 heavy (non-hydrogen) atoms. The Morgan fingerprint density at radius 1 is 0.515 bits per heavy atom. The third-order valence-corrected chi connectivity index (χ3v) is 8.38. The fraction of sp³-hybridized carbons (Fsp3) is 0. The largest absolute Gasteiger partial charge is 0.254 e. The van der Waals surface area contributed by atoms with E-state index in [9.17, 15) is 0 Å². The first kappa shape index (κ1) is 20.9. The number of thiophene rings is 2. The molecule has 6 aromatic rings. The Labute approximate surface area is 211 Å². The topological polar surface area (TPSA) is 51.6 Å². The van der Waals surface area contributed by atoms with Crippen LogP contribution in [0, 0.1) is 0 Å². The highest BCUT2D eigenvalue weighted by atomic mass is 35.5. The highest BCUT2D eigenvalue weighted by Gasteiger charge is 2.17. The molecule has 0 amide bonds.